The molecule has 0 aliphatic carbocycles. The third-order valence-electron chi connectivity index (χ3n) is 1.38. The molecule has 13 heavy (non-hydrogen) atoms. The Morgan fingerprint density at radius 3 is 2.54 bits per heavy atom. The van der Waals surface area contributed by atoms with Gasteiger partial charge in [0, 0.05) is 12.4 Å². The molecule has 3 nitrogen and oxygen atoms in total. The van der Waals surface area contributed by atoms with E-state index < -0.39 is 23.5 Å². The van der Waals surface area contributed by atoms with Crippen LogP contribution in [0.25, 0.3) is 0 Å². The first-order chi connectivity index (χ1) is 6.04. The van der Waals surface area contributed by atoms with Gasteiger partial charge < -0.3 is 5.11 Å². The average molecular weight is 252 g/mol. The van der Waals surface area contributed by atoms with Crippen LogP contribution in [0.4, 0.5) is 8.78 Å². The Morgan fingerprint density at radius 2 is 2.15 bits per heavy atom. The first-order valence-electron chi connectivity index (χ1n) is 3.19. The Morgan fingerprint density at radius 1 is 1.54 bits per heavy atom. The van der Waals surface area contributed by atoms with Crippen molar-refractivity contribution in [3.63, 3.8) is 0 Å². The first kappa shape index (κ1) is 10.0. The fraction of sp³-hybridized carbons (Fsp3) is 0.143. The van der Waals surface area contributed by atoms with E-state index in [-0.39, 0.29) is 4.47 Å². The number of carboxylic acid groups (broad SMARTS) is 1. The van der Waals surface area contributed by atoms with Crippen molar-refractivity contribution in [1.29, 1.82) is 0 Å². The largest absolute Gasteiger partial charge is 0.478 e. The first-order valence-corrected chi connectivity index (χ1v) is 3.98. The molecule has 0 aliphatic rings. The second-order valence-electron chi connectivity index (χ2n) is 2.19. The summed E-state index contributed by atoms with van der Waals surface area (Å²) in [5, 5.41) is 8.60. The molecule has 0 radical (unpaired) electrons. The predicted octanol–water partition coefficient (Wildman–Crippen LogP) is 2.48. The third-order valence-corrected chi connectivity index (χ3v) is 1.98. The minimum absolute atomic E-state index is 0.0535. The monoisotopic (exact) mass is 251 g/mol. The Kier molecular flexibility index (Phi) is 2.92. The van der Waals surface area contributed by atoms with E-state index in [9.17, 15) is 13.6 Å². The van der Waals surface area contributed by atoms with E-state index in [1.165, 1.54) is 0 Å². The molecule has 1 aromatic heterocycles. The molecule has 6 heteroatoms. The van der Waals surface area contributed by atoms with Gasteiger partial charge in [0.05, 0.1) is 15.6 Å². The van der Waals surface area contributed by atoms with Gasteiger partial charge >= 0.3 is 5.97 Å². The molecule has 0 fully saturated rings. The van der Waals surface area contributed by atoms with Crippen LogP contribution in [0.1, 0.15) is 22.3 Å². The van der Waals surface area contributed by atoms with Gasteiger partial charge in [-0.05, 0) is 15.9 Å². The van der Waals surface area contributed by atoms with Crippen LogP contribution < -0.4 is 0 Å². The lowest BCUT2D eigenvalue weighted by atomic mass is 10.1. The molecule has 0 spiro atoms. The van der Waals surface area contributed by atoms with Crippen molar-refractivity contribution in [2.75, 3.05) is 0 Å². The zero-order chi connectivity index (χ0) is 10.0. The summed E-state index contributed by atoms with van der Waals surface area (Å²) >= 11 is 2.84. The minimum Gasteiger partial charge on any atom is -0.478 e. The van der Waals surface area contributed by atoms with Crippen molar-refractivity contribution in [2.45, 2.75) is 6.43 Å². The summed E-state index contributed by atoms with van der Waals surface area (Å²) in [5.74, 6) is -1.40. The van der Waals surface area contributed by atoms with Gasteiger partial charge in [0.15, 0.2) is 0 Å². The van der Waals surface area contributed by atoms with Gasteiger partial charge in [-0.2, -0.15) is 0 Å². The van der Waals surface area contributed by atoms with Crippen molar-refractivity contribution in [3.8, 4) is 0 Å². The zero-order valence-electron chi connectivity index (χ0n) is 6.17. The molecule has 0 unspecified atom stereocenters. The summed E-state index contributed by atoms with van der Waals surface area (Å²) in [6.07, 6.45) is -0.829. The Balaban J connectivity index is 3.34. The van der Waals surface area contributed by atoms with Crippen LogP contribution in [0, 0.1) is 0 Å². The highest BCUT2D eigenvalue weighted by Crippen LogP contribution is 2.27. The van der Waals surface area contributed by atoms with Crippen LogP contribution in [0.3, 0.4) is 0 Å². The second kappa shape index (κ2) is 3.78. The molecule has 1 N–H and O–H groups in total. The highest BCUT2D eigenvalue weighted by Gasteiger charge is 2.20. The normalized spacial score (nSPS) is 10.5. The number of hydrogen-bond acceptors (Lipinski definition) is 2. The van der Waals surface area contributed by atoms with E-state index in [2.05, 4.69) is 20.9 Å². The van der Waals surface area contributed by atoms with Gasteiger partial charge in [-0.15, -0.1) is 0 Å². The smallest absolute Gasteiger partial charge is 0.337 e. The van der Waals surface area contributed by atoms with Crippen molar-refractivity contribution in [2.24, 2.45) is 0 Å². The van der Waals surface area contributed by atoms with E-state index in [1.807, 2.05) is 0 Å². The summed E-state index contributed by atoms with van der Waals surface area (Å²) in [6.45, 7) is 0. The molecular weight excluding hydrogens is 248 g/mol. The number of hydrogen-bond donors (Lipinski definition) is 1. The predicted molar refractivity (Wildman–Crippen MR) is 43.9 cm³/mol. The summed E-state index contributed by atoms with van der Waals surface area (Å²) in [6, 6.07) is 0. The van der Waals surface area contributed by atoms with Gasteiger partial charge in [0.1, 0.15) is 0 Å². The minimum atomic E-state index is -2.84. The van der Waals surface area contributed by atoms with E-state index in [0.29, 0.717) is 0 Å². The number of carboxylic acids is 1. The van der Waals surface area contributed by atoms with Crippen molar-refractivity contribution in [3.05, 3.63) is 28.0 Å². The van der Waals surface area contributed by atoms with Crippen molar-refractivity contribution in [1.82, 2.24) is 4.98 Å². The lowest BCUT2D eigenvalue weighted by Gasteiger charge is -2.05. The fourth-order valence-corrected chi connectivity index (χ4v) is 1.36. The topological polar surface area (TPSA) is 50.2 Å². The SMILES string of the molecule is O=C(O)c1c(Br)cncc1C(F)F. The average Bonchev–Trinajstić information content (AvgIpc) is 2.02. The van der Waals surface area contributed by atoms with Gasteiger partial charge in [-0.1, -0.05) is 0 Å². The van der Waals surface area contributed by atoms with E-state index >= 15 is 0 Å². The van der Waals surface area contributed by atoms with Crippen LogP contribution in [0.2, 0.25) is 0 Å². The Bertz CT molecular complexity index is 343. The highest BCUT2D eigenvalue weighted by atomic mass is 79.9. The number of aromatic nitrogens is 1. The quantitative estimate of drug-likeness (QED) is 0.879. The molecule has 0 atom stereocenters. The zero-order valence-corrected chi connectivity index (χ0v) is 7.75. The molecule has 0 aliphatic heterocycles. The number of aromatic carboxylic acids is 1. The van der Waals surface area contributed by atoms with Crippen LogP contribution >= 0.6 is 15.9 Å². The molecule has 0 saturated heterocycles. The lowest BCUT2D eigenvalue weighted by Crippen LogP contribution is -2.04. The maximum absolute atomic E-state index is 12.2. The summed E-state index contributed by atoms with van der Waals surface area (Å²) in [5.41, 5.74) is -1.02. The maximum atomic E-state index is 12.2. The Labute approximate surface area is 80.5 Å². The van der Waals surface area contributed by atoms with Gasteiger partial charge in [0.2, 0.25) is 0 Å². The van der Waals surface area contributed by atoms with Gasteiger partial charge in [0.25, 0.3) is 6.43 Å². The number of halogens is 3. The van der Waals surface area contributed by atoms with Crippen molar-refractivity contribution < 1.29 is 18.7 Å². The van der Waals surface area contributed by atoms with Crippen LogP contribution in [-0.4, -0.2) is 16.1 Å². The molecule has 0 bridgehead atoms. The van der Waals surface area contributed by atoms with E-state index in [1.54, 1.807) is 0 Å². The van der Waals surface area contributed by atoms with Crippen molar-refractivity contribution >= 4 is 21.9 Å². The van der Waals surface area contributed by atoms with E-state index in [0.717, 1.165) is 12.4 Å². The van der Waals surface area contributed by atoms with Gasteiger partial charge in [-0.25, -0.2) is 13.6 Å². The number of pyridine rings is 1. The van der Waals surface area contributed by atoms with E-state index in [4.69, 9.17) is 5.11 Å². The molecule has 0 aromatic carbocycles. The molecule has 70 valence electrons. The molecule has 0 saturated carbocycles. The number of carbonyl (C=O) groups is 1. The third kappa shape index (κ3) is 2.00. The summed E-state index contributed by atoms with van der Waals surface area (Å²) < 4.78 is 24.5. The number of rotatable bonds is 2. The number of alkyl halides is 2. The molecule has 1 heterocycles. The van der Waals surface area contributed by atoms with Crippen LogP contribution in [0.15, 0.2) is 16.9 Å². The molecule has 0 amide bonds. The van der Waals surface area contributed by atoms with Gasteiger partial charge in [-0.3, -0.25) is 4.98 Å². The molecule has 1 rings (SSSR count). The fourth-order valence-electron chi connectivity index (χ4n) is 0.841. The molecular formula is C7H4BrF2NO2. The summed E-state index contributed by atoms with van der Waals surface area (Å²) in [4.78, 5) is 14.0. The Hall–Kier alpha value is -1.04. The number of nitrogens with zero attached hydrogens (tertiary/aromatic N) is 1. The maximum Gasteiger partial charge on any atom is 0.337 e. The van der Waals surface area contributed by atoms with Crippen LogP contribution in [-0.2, 0) is 0 Å². The standard InChI is InChI=1S/C7H4BrF2NO2/c8-4-2-11-1-3(6(9)10)5(4)7(12)13/h1-2,6H,(H,12,13). The summed E-state index contributed by atoms with van der Waals surface area (Å²) in [7, 11) is 0. The van der Waals surface area contributed by atoms with Crippen LogP contribution in [0.5, 0.6) is 0 Å². The lowest BCUT2D eigenvalue weighted by molar-refractivity contribution is 0.0683. The second-order valence-corrected chi connectivity index (χ2v) is 3.05. The molecule has 1 aromatic rings. The highest BCUT2D eigenvalue weighted by molar-refractivity contribution is 9.10.